The SMILES string of the molecule is Cc1cc(S(=O)(=O)NCC(=O)N2CCC(C)CC2)ccc1F. The van der Waals surface area contributed by atoms with Gasteiger partial charge in [-0.15, -0.1) is 0 Å². The maximum Gasteiger partial charge on any atom is 0.241 e. The van der Waals surface area contributed by atoms with Crippen LogP contribution in [0, 0.1) is 18.7 Å². The molecule has 0 radical (unpaired) electrons. The molecule has 0 saturated carbocycles. The molecule has 0 aliphatic carbocycles. The van der Waals surface area contributed by atoms with E-state index in [9.17, 15) is 17.6 Å². The topological polar surface area (TPSA) is 66.5 Å². The van der Waals surface area contributed by atoms with Crippen molar-refractivity contribution in [1.82, 2.24) is 9.62 Å². The van der Waals surface area contributed by atoms with E-state index in [1.54, 1.807) is 4.90 Å². The molecule has 1 N–H and O–H groups in total. The number of nitrogens with zero attached hydrogens (tertiary/aromatic N) is 1. The van der Waals surface area contributed by atoms with Gasteiger partial charge in [-0.2, -0.15) is 0 Å². The summed E-state index contributed by atoms with van der Waals surface area (Å²) < 4.78 is 39.7. The van der Waals surface area contributed by atoms with E-state index in [-0.39, 0.29) is 22.9 Å². The fourth-order valence-corrected chi connectivity index (χ4v) is 3.45. The Morgan fingerprint density at radius 3 is 2.59 bits per heavy atom. The average Bonchev–Trinajstić information content (AvgIpc) is 2.48. The van der Waals surface area contributed by atoms with E-state index in [4.69, 9.17) is 0 Å². The van der Waals surface area contributed by atoms with E-state index in [1.165, 1.54) is 19.1 Å². The highest BCUT2D eigenvalue weighted by atomic mass is 32.2. The lowest BCUT2D eigenvalue weighted by atomic mass is 9.99. The van der Waals surface area contributed by atoms with Crippen LogP contribution in [-0.4, -0.2) is 38.9 Å². The molecule has 5 nitrogen and oxygen atoms in total. The molecule has 1 fully saturated rings. The van der Waals surface area contributed by atoms with Crippen LogP contribution in [0.15, 0.2) is 23.1 Å². The summed E-state index contributed by atoms with van der Waals surface area (Å²) in [7, 11) is -3.81. The van der Waals surface area contributed by atoms with Crippen molar-refractivity contribution in [3.63, 3.8) is 0 Å². The normalized spacial score (nSPS) is 16.8. The largest absolute Gasteiger partial charge is 0.342 e. The third-order valence-electron chi connectivity index (χ3n) is 3.99. The first-order chi connectivity index (χ1) is 10.3. The van der Waals surface area contributed by atoms with E-state index >= 15 is 0 Å². The smallest absolute Gasteiger partial charge is 0.241 e. The maximum absolute atomic E-state index is 13.2. The number of carbonyl (C=O) groups is 1. The summed E-state index contributed by atoms with van der Waals surface area (Å²) in [4.78, 5) is 13.7. The third-order valence-corrected chi connectivity index (χ3v) is 5.39. The Hall–Kier alpha value is -1.47. The van der Waals surface area contributed by atoms with Gasteiger partial charge < -0.3 is 4.90 Å². The molecule has 0 aromatic heterocycles. The van der Waals surface area contributed by atoms with Crippen LogP contribution >= 0.6 is 0 Å². The molecule has 0 bridgehead atoms. The Kier molecular flexibility index (Phi) is 5.18. The Bertz CT molecular complexity index is 653. The number of likely N-dealkylation sites (tertiary alicyclic amines) is 1. The molecule has 1 heterocycles. The lowest BCUT2D eigenvalue weighted by molar-refractivity contribution is -0.131. The van der Waals surface area contributed by atoms with Crippen LogP contribution in [0.4, 0.5) is 4.39 Å². The van der Waals surface area contributed by atoms with Gasteiger partial charge in [-0.25, -0.2) is 17.5 Å². The van der Waals surface area contributed by atoms with Crippen LogP contribution in [0.25, 0.3) is 0 Å². The highest BCUT2D eigenvalue weighted by Gasteiger charge is 2.22. The Morgan fingerprint density at radius 2 is 2.00 bits per heavy atom. The number of aryl methyl sites for hydroxylation is 1. The van der Waals surface area contributed by atoms with Gasteiger partial charge in [0.2, 0.25) is 15.9 Å². The number of hydrogen-bond acceptors (Lipinski definition) is 3. The van der Waals surface area contributed by atoms with E-state index in [0.717, 1.165) is 18.9 Å². The van der Waals surface area contributed by atoms with Crippen molar-refractivity contribution in [2.45, 2.75) is 31.6 Å². The maximum atomic E-state index is 13.2. The van der Waals surface area contributed by atoms with E-state index in [1.807, 2.05) is 0 Å². The number of benzene rings is 1. The summed E-state index contributed by atoms with van der Waals surface area (Å²) in [6.07, 6.45) is 1.88. The van der Waals surface area contributed by atoms with Gasteiger partial charge in [0, 0.05) is 13.1 Å². The third kappa shape index (κ3) is 4.04. The van der Waals surface area contributed by atoms with Crippen molar-refractivity contribution in [3.05, 3.63) is 29.6 Å². The van der Waals surface area contributed by atoms with Crippen molar-refractivity contribution >= 4 is 15.9 Å². The zero-order valence-corrected chi connectivity index (χ0v) is 13.6. The molecule has 1 aliphatic heterocycles. The molecule has 0 unspecified atom stereocenters. The minimum absolute atomic E-state index is 0.0357. The number of hydrogen-bond donors (Lipinski definition) is 1. The summed E-state index contributed by atoms with van der Waals surface area (Å²) in [6.45, 7) is 4.69. The van der Waals surface area contributed by atoms with Crippen LogP contribution in [0.5, 0.6) is 0 Å². The Labute approximate surface area is 130 Å². The van der Waals surface area contributed by atoms with Gasteiger partial charge in [-0.1, -0.05) is 6.92 Å². The number of sulfonamides is 1. The standard InChI is InChI=1S/C15H21FN2O3S/c1-11-5-7-18(8-6-11)15(19)10-17-22(20,21)13-3-4-14(16)12(2)9-13/h3-4,9,11,17H,5-8,10H2,1-2H3. The summed E-state index contributed by atoms with van der Waals surface area (Å²) in [5, 5.41) is 0. The van der Waals surface area contributed by atoms with Gasteiger partial charge in [-0.05, 0) is 49.4 Å². The van der Waals surface area contributed by atoms with Crippen LogP contribution < -0.4 is 4.72 Å². The zero-order chi connectivity index (χ0) is 16.3. The number of nitrogens with one attached hydrogen (secondary N) is 1. The summed E-state index contributed by atoms with van der Waals surface area (Å²) >= 11 is 0. The number of rotatable bonds is 4. The molecular weight excluding hydrogens is 307 g/mol. The molecule has 0 spiro atoms. The number of piperidine rings is 1. The van der Waals surface area contributed by atoms with Crippen molar-refractivity contribution in [1.29, 1.82) is 0 Å². The number of amides is 1. The predicted octanol–water partition coefficient (Wildman–Crippen LogP) is 1.67. The van der Waals surface area contributed by atoms with Crippen LogP contribution in [-0.2, 0) is 14.8 Å². The lowest BCUT2D eigenvalue weighted by Crippen LogP contribution is -2.43. The first kappa shape index (κ1) is 16.9. The van der Waals surface area contributed by atoms with Gasteiger partial charge in [-0.3, -0.25) is 4.79 Å². The average molecular weight is 328 g/mol. The number of carbonyl (C=O) groups excluding carboxylic acids is 1. The molecule has 2 rings (SSSR count). The molecule has 1 amide bonds. The summed E-state index contributed by atoms with van der Waals surface area (Å²) in [5.74, 6) is -0.0882. The van der Waals surface area contributed by atoms with Crippen molar-refractivity contribution in [3.8, 4) is 0 Å². The first-order valence-electron chi connectivity index (χ1n) is 7.33. The second-order valence-electron chi connectivity index (χ2n) is 5.80. The van der Waals surface area contributed by atoms with Crippen molar-refractivity contribution < 1.29 is 17.6 Å². The Morgan fingerprint density at radius 1 is 1.36 bits per heavy atom. The quantitative estimate of drug-likeness (QED) is 0.914. The number of halogens is 1. The van der Waals surface area contributed by atoms with Gasteiger partial charge in [0.15, 0.2) is 0 Å². The zero-order valence-electron chi connectivity index (χ0n) is 12.8. The summed E-state index contributed by atoms with van der Waals surface area (Å²) in [5.41, 5.74) is 0.249. The molecule has 1 aromatic rings. The van der Waals surface area contributed by atoms with Crippen molar-refractivity contribution in [2.75, 3.05) is 19.6 Å². The summed E-state index contributed by atoms with van der Waals surface area (Å²) in [6, 6.07) is 3.56. The molecule has 7 heteroatoms. The Balaban J connectivity index is 1.97. The first-order valence-corrected chi connectivity index (χ1v) is 8.81. The molecule has 22 heavy (non-hydrogen) atoms. The van der Waals surface area contributed by atoms with Gasteiger partial charge in [0.05, 0.1) is 11.4 Å². The minimum atomic E-state index is -3.81. The van der Waals surface area contributed by atoms with Crippen LogP contribution in [0.1, 0.15) is 25.3 Å². The molecule has 1 saturated heterocycles. The van der Waals surface area contributed by atoms with Gasteiger partial charge >= 0.3 is 0 Å². The molecule has 0 atom stereocenters. The van der Waals surface area contributed by atoms with E-state index in [2.05, 4.69) is 11.6 Å². The van der Waals surface area contributed by atoms with Crippen molar-refractivity contribution in [2.24, 2.45) is 5.92 Å². The fourth-order valence-electron chi connectivity index (χ4n) is 2.39. The molecule has 122 valence electrons. The van der Waals surface area contributed by atoms with Gasteiger partial charge in [0.1, 0.15) is 5.82 Å². The second kappa shape index (κ2) is 6.75. The fraction of sp³-hybridized carbons (Fsp3) is 0.533. The van der Waals surface area contributed by atoms with E-state index in [0.29, 0.717) is 19.0 Å². The second-order valence-corrected chi connectivity index (χ2v) is 7.57. The predicted molar refractivity (Wildman–Crippen MR) is 81.3 cm³/mol. The lowest BCUT2D eigenvalue weighted by Gasteiger charge is -2.30. The highest BCUT2D eigenvalue weighted by molar-refractivity contribution is 7.89. The molecule has 1 aliphatic rings. The highest BCUT2D eigenvalue weighted by Crippen LogP contribution is 2.16. The van der Waals surface area contributed by atoms with Crippen LogP contribution in [0.3, 0.4) is 0 Å². The van der Waals surface area contributed by atoms with E-state index < -0.39 is 15.8 Å². The monoisotopic (exact) mass is 328 g/mol. The minimum Gasteiger partial charge on any atom is -0.342 e. The molecule has 1 aromatic carbocycles. The van der Waals surface area contributed by atoms with Gasteiger partial charge in [0.25, 0.3) is 0 Å². The van der Waals surface area contributed by atoms with Crippen LogP contribution in [0.2, 0.25) is 0 Å². The molecular formula is C15H21FN2O3S.